The van der Waals surface area contributed by atoms with Crippen molar-refractivity contribution >= 4 is 5.91 Å². The molecule has 2 saturated carbocycles. The van der Waals surface area contributed by atoms with Gasteiger partial charge in [-0.05, 0) is 37.8 Å². The van der Waals surface area contributed by atoms with Crippen LogP contribution in [0.5, 0.6) is 0 Å². The van der Waals surface area contributed by atoms with E-state index in [0.717, 1.165) is 44.1 Å². The van der Waals surface area contributed by atoms with Gasteiger partial charge < -0.3 is 19.6 Å². The largest absolute Gasteiger partial charge is 0.459 e. The average Bonchev–Trinajstić information content (AvgIpc) is 3.18. The second-order valence-corrected chi connectivity index (χ2v) is 8.05. The molecule has 0 atom stereocenters. The van der Waals surface area contributed by atoms with Crippen molar-refractivity contribution in [3.8, 4) is 0 Å². The van der Waals surface area contributed by atoms with Crippen molar-refractivity contribution in [2.24, 2.45) is 5.73 Å². The van der Waals surface area contributed by atoms with E-state index in [9.17, 15) is 4.79 Å². The summed E-state index contributed by atoms with van der Waals surface area (Å²) in [7, 11) is 0. The molecule has 3 fully saturated rings. The topological polar surface area (TPSA) is 93.4 Å². The number of piperazine rings is 1. The van der Waals surface area contributed by atoms with Crippen LogP contribution >= 0.6 is 0 Å². The van der Waals surface area contributed by atoms with E-state index in [-0.39, 0.29) is 5.91 Å². The summed E-state index contributed by atoms with van der Waals surface area (Å²) in [6.07, 6.45) is 6.04. The van der Waals surface area contributed by atoms with Gasteiger partial charge in [0.25, 0.3) is 5.91 Å². The lowest BCUT2D eigenvalue weighted by molar-refractivity contribution is 0.0593. The van der Waals surface area contributed by atoms with E-state index >= 15 is 0 Å². The minimum absolute atomic E-state index is 0.0237. The Kier molecular flexibility index (Phi) is 4.24. The van der Waals surface area contributed by atoms with Crippen LogP contribution in [0.4, 0.5) is 0 Å². The maximum atomic E-state index is 12.4. The van der Waals surface area contributed by atoms with Crippen molar-refractivity contribution in [1.29, 1.82) is 0 Å². The third-order valence-corrected chi connectivity index (χ3v) is 6.00. The first kappa shape index (κ1) is 16.9. The molecule has 2 aromatic rings. The van der Waals surface area contributed by atoms with E-state index in [1.54, 1.807) is 18.4 Å². The molecule has 144 valence electrons. The minimum Gasteiger partial charge on any atom is -0.459 e. The number of hydrogen-bond donors (Lipinski definition) is 1. The maximum absolute atomic E-state index is 12.4. The van der Waals surface area contributed by atoms with Gasteiger partial charge in [0.15, 0.2) is 5.76 Å². The summed E-state index contributed by atoms with van der Waals surface area (Å²) < 4.78 is 7.62. The van der Waals surface area contributed by atoms with E-state index in [2.05, 4.69) is 19.7 Å². The zero-order valence-electron chi connectivity index (χ0n) is 15.5. The third kappa shape index (κ3) is 3.27. The van der Waals surface area contributed by atoms with Gasteiger partial charge in [0.05, 0.1) is 12.8 Å². The first-order chi connectivity index (χ1) is 13.2. The van der Waals surface area contributed by atoms with Gasteiger partial charge in [-0.15, -0.1) is 10.2 Å². The Bertz CT molecular complexity index is 798. The summed E-state index contributed by atoms with van der Waals surface area (Å²) in [4.78, 5) is 16.6. The molecule has 8 heteroatoms. The molecule has 0 aromatic carbocycles. The van der Waals surface area contributed by atoms with E-state index < -0.39 is 0 Å². The van der Waals surface area contributed by atoms with E-state index in [4.69, 9.17) is 10.2 Å². The maximum Gasteiger partial charge on any atom is 0.289 e. The zero-order valence-corrected chi connectivity index (χ0v) is 15.5. The van der Waals surface area contributed by atoms with Crippen molar-refractivity contribution < 1.29 is 9.21 Å². The van der Waals surface area contributed by atoms with Crippen LogP contribution in [-0.4, -0.2) is 62.7 Å². The molecule has 1 amide bonds. The van der Waals surface area contributed by atoms with Crippen molar-refractivity contribution in [3.63, 3.8) is 0 Å². The van der Waals surface area contributed by atoms with Crippen LogP contribution in [0.3, 0.4) is 0 Å². The fourth-order valence-corrected chi connectivity index (χ4v) is 4.19. The second kappa shape index (κ2) is 6.76. The lowest BCUT2D eigenvalue weighted by Gasteiger charge is -2.34. The number of rotatable bonds is 5. The Morgan fingerprint density at radius 2 is 1.96 bits per heavy atom. The van der Waals surface area contributed by atoms with Crippen LogP contribution in [-0.2, 0) is 6.54 Å². The van der Waals surface area contributed by atoms with Gasteiger partial charge in [-0.2, -0.15) is 0 Å². The quantitative estimate of drug-likeness (QED) is 0.854. The van der Waals surface area contributed by atoms with Crippen LogP contribution in [0.25, 0.3) is 0 Å². The Balaban J connectivity index is 1.22. The molecule has 2 N–H and O–H groups in total. The minimum atomic E-state index is -0.0237. The molecule has 1 aliphatic heterocycles. The van der Waals surface area contributed by atoms with Crippen molar-refractivity contribution in [3.05, 3.63) is 35.8 Å². The number of carbonyl (C=O) groups excluding carboxylic acids is 1. The van der Waals surface area contributed by atoms with Crippen LogP contribution in [0.2, 0.25) is 0 Å². The zero-order chi connectivity index (χ0) is 18.4. The number of carbonyl (C=O) groups is 1. The third-order valence-electron chi connectivity index (χ3n) is 6.00. The Hall–Kier alpha value is -2.19. The molecule has 0 unspecified atom stereocenters. The normalized spacial score (nSPS) is 26.2. The molecule has 1 saturated heterocycles. The predicted molar refractivity (Wildman–Crippen MR) is 98.1 cm³/mol. The van der Waals surface area contributed by atoms with E-state index in [1.807, 2.05) is 4.90 Å². The van der Waals surface area contributed by atoms with Crippen LogP contribution in [0.1, 0.15) is 59.8 Å². The second-order valence-electron chi connectivity index (χ2n) is 8.05. The number of amides is 1. The highest BCUT2D eigenvalue weighted by atomic mass is 16.3. The summed E-state index contributed by atoms with van der Waals surface area (Å²) in [5.41, 5.74) is 5.97. The first-order valence-corrected chi connectivity index (χ1v) is 9.93. The first-order valence-electron chi connectivity index (χ1n) is 9.93. The highest BCUT2D eigenvalue weighted by Gasteiger charge is 2.37. The highest BCUT2D eigenvalue weighted by Crippen LogP contribution is 2.42. The Morgan fingerprint density at radius 3 is 2.59 bits per heavy atom. The van der Waals surface area contributed by atoms with Crippen molar-refractivity contribution in [2.45, 2.75) is 50.2 Å². The number of furan rings is 1. The summed E-state index contributed by atoms with van der Waals surface area (Å²) in [5.74, 6) is 3.08. The standard InChI is InChI=1S/C19H26N6O2/c20-14-10-13(11-14)18-22-21-17(25(18)15-3-4-15)12-23-5-7-24(8-6-23)19(26)16-2-1-9-27-16/h1-2,9,13-15H,3-8,10-12,20H2. The molecule has 0 spiro atoms. The fraction of sp³-hybridized carbons (Fsp3) is 0.632. The SMILES string of the molecule is NC1CC(c2nnc(CN3CCN(C(=O)c4ccco4)CC3)n2C2CC2)C1. The lowest BCUT2D eigenvalue weighted by Crippen LogP contribution is -2.48. The van der Waals surface area contributed by atoms with Crippen molar-refractivity contribution in [1.82, 2.24) is 24.6 Å². The molecule has 3 aliphatic rings. The Morgan fingerprint density at radius 1 is 1.19 bits per heavy atom. The van der Waals surface area contributed by atoms with Gasteiger partial charge in [0, 0.05) is 44.2 Å². The summed E-state index contributed by atoms with van der Waals surface area (Å²) in [6, 6.07) is 4.37. The van der Waals surface area contributed by atoms with E-state index in [1.165, 1.54) is 12.8 Å². The number of hydrogen-bond acceptors (Lipinski definition) is 6. The smallest absolute Gasteiger partial charge is 0.289 e. The molecule has 8 nitrogen and oxygen atoms in total. The fourth-order valence-electron chi connectivity index (χ4n) is 4.19. The van der Waals surface area contributed by atoms with Crippen LogP contribution in [0.15, 0.2) is 22.8 Å². The summed E-state index contributed by atoms with van der Waals surface area (Å²) in [5, 5.41) is 9.06. The van der Waals surface area contributed by atoms with Gasteiger partial charge >= 0.3 is 0 Å². The number of aromatic nitrogens is 3. The van der Waals surface area contributed by atoms with Gasteiger partial charge in [0.2, 0.25) is 0 Å². The van der Waals surface area contributed by atoms with Crippen LogP contribution in [0, 0.1) is 0 Å². The van der Waals surface area contributed by atoms with Crippen LogP contribution < -0.4 is 5.73 Å². The summed E-state index contributed by atoms with van der Waals surface area (Å²) in [6.45, 7) is 3.90. The summed E-state index contributed by atoms with van der Waals surface area (Å²) >= 11 is 0. The number of nitrogens with two attached hydrogens (primary N) is 1. The molecular weight excluding hydrogens is 344 g/mol. The van der Waals surface area contributed by atoms with Crippen molar-refractivity contribution in [2.75, 3.05) is 26.2 Å². The molecule has 3 heterocycles. The predicted octanol–water partition coefficient (Wildman–Crippen LogP) is 1.37. The monoisotopic (exact) mass is 370 g/mol. The highest BCUT2D eigenvalue weighted by molar-refractivity contribution is 5.91. The molecule has 27 heavy (non-hydrogen) atoms. The molecular formula is C19H26N6O2. The van der Waals surface area contributed by atoms with Gasteiger partial charge in [-0.3, -0.25) is 9.69 Å². The number of nitrogens with zero attached hydrogens (tertiary/aromatic N) is 5. The van der Waals surface area contributed by atoms with Gasteiger partial charge in [0.1, 0.15) is 11.6 Å². The Labute approximate surface area is 158 Å². The lowest BCUT2D eigenvalue weighted by atomic mass is 9.80. The van der Waals surface area contributed by atoms with Gasteiger partial charge in [-0.1, -0.05) is 0 Å². The molecule has 0 radical (unpaired) electrons. The average molecular weight is 370 g/mol. The molecule has 2 aromatic heterocycles. The molecule has 0 bridgehead atoms. The molecule has 5 rings (SSSR count). The van der Waals surface area contributed by atoms with E-state index in [0.29, 0.717) is 36.9 Å². The van der Waals surface area contributed by atoms with Gasteiger partial charge in [-0.25, -0.2) is 0 Å². The molecule has 2 aliphatic carbocycles.